The van der Waals surface area contributed by atoms with E-state index in [0.717, 1.165) is 5.56 Å². The number of likely N-dealkylation sites (tertiary alicyclic amines) is 1. The van der Waals surface area contributed by atoms with Crippen LogP contribution in [0.2, 0.25) is 0 Å². The van der Waals surface area contributed by atoms with Crippen molar-refractivity contribution in [3.8, 4) is 11.5 Å². The van der Waals surface area contributed by atoms with Crippen molar-refractivity contribution < 1.29 is 14.0 Å². The van der Waals surface area contributed by atoms with Gasteiger partial charge in [0.25, 0.3) is 0 Å². The lowest BCUT2D eigenvalue weighted by molar-refractivity contribution is -0.121. The highest BCUT2D eigenvalue weighted by atomic mass is 16.4. The van der Waals surface area contributed by atoms with Gasteiger partial charge in [0.05, 0.1) is 0 Å². The minimum Gasteiger partial charge on any atom is -0.403 e. The van der Waals surface area contributed by atoms with Crippen LogP contribution in [0.5, 0.6) is 0 Å². The molecule has 0 bridgehead atoms. The van der Waals surface area contributed by atoms with E-state index < -0.39 is 0 Å². The van der Waals surface area contributed by atoms with E-state index in [1.165, 1.54) is 5.56 Å². The monoisotopic (exact) mass is 385 g/mol. The molecular formula is C20H27N5O3. The average Bonchev–Trinajstić information content (AvgIpc) is 3.16. The van der Waals surface area contributed by atoms with Crippen molar-refractivity contribution in [1.29, 1.82) is 0 Å². The molecule has 28 heavy (non-hydrogen) atoms. The number of carbonyl (C=O) groups excluding carboxylic acids is 2. The zero-order chi connectivity index (χ0) is 20.3. The van der Waals surface area contributed by atoms with Gasteiger partial charge in [-0.15, -0.1) is 5.10 Å². The van der Waals surface area contributed by atoms with Crippen molar-refractivity contribution in [2.24, 2.45) is 5.92 Å². The number of amides is 3. The summed E-state index contributed by atoms with van der Waals surface area (Å²) in [6.07, 6.45) is 1.23. The van der Waals surface area contributed by atoms with Gasteiger partial charge in [0.2, 0.25) is 11.8 Å². The maximum absolute atomic E-state index is 12.5. The fourth-order valence-corrected chi connectivity index (χ4v) is 3.22. The molecule has 1 aromatic carbocycles. The molecule has 0 spiro atoms. The molecule has 2 aromatic rings. The number of rotatable bonds is 4. The fraction of sp³-hybridized carbons (Fsp3) is 0.500. The van der Waals surface area contributed by atoms with E-state index in [4.69, 9.17) is 4.42 Å². The Kier molecular flexibility index (Phi) is 5.96. The van der Waals surface area contributed by atoms with Crippen LogP contribution in [0.25, 0.3) is 11.5 Å². The van der Waals surface area contributed by atoms with E-state index >= 15 is 0 Å². The number of carbonyl (C=O) groups is 2. The summed E-state index contributed by atoms with van der Waals surface area (Å²) in [5, 5.41) is 10.7. The number of piperidine rings is 1. The van der Waals surface area contributed by atoms with Crippen LogP contribution < -0.4 is 5.32 Å². The van der Waals surface area contributed by atoms with Gasteiger partial charge in [-0.25, -0.2) is 4.79 Å². The summed E-state index contributed by atoms with van der Waals surface area (Å²) >= 11 is 0. The number of urea groups is 1. The van der Waals surface area contributed by atoms with Crippen LogP contribution in [0.15, 0.2) is 28.7 Å². The van der Waals surface area contributed by atoms with E-state index in [9.17, 15) is 9.59 Å². The van der Waals surface area contributed by atoms with Crippen LogP contribution >= 0.6 is 0 Å². The van der Waals surface area contributed by atoms with E-state index in [-0.39, 0.29) is 23.9 Å². The third-order valence-electron chi connectivity index (χ3n) is 5.00. The van der Waals surface area contributed by atoms with Crippen molar-refractivity contribution in [2.75, 3.05) is 32.5 Å². The molecule has 1 aliphatic rings. The minimum absolute atomic E-state index is 0.0242. The Hall–Kier alpha value is -2.90. The first kappa shape index (κ1) is 19.9. The van der Waals surface area contributed by atoms with Crippen LogP contribution in [0.3, 0.4) is 0 Å². The normalized spacial score (nSPS) is 15.0. The summed E-state index contributed by atoms with van der Waals surface area (Å²) in [5.41, 5.74) is 2.05. The number of aromatic nitrogens is 2. The van der Waals surface area contributed by atoms with E-state index in [1.54, 1.807) is 23.9 Å². The van der Waals surface area contributed by atoms with Gasteiger partial charge in [-0.3, -0.25) is 10.1 Å². The first-order valence-electron chi connectivity index (χ1n) is 9.56. The average molecular weight is 385 g/mol. The van der Waals surface area contributed by atoms with Crippen LogP contribution in [0.1, 0.15) is 38.2 Å². The summed E-state index contributed by atoms with van der Waals surface area (Å²) in [6, 6.07) is 8.01. The summed E-state index contributed by atoms with van der Waals surface area (Å²) in [4.78, 5) is 27.8. The summed E-state index contributed by atoms with van der Waals surface area (Å²) in [5.74, 6) is 0.497. The molecule has 0 radical (unpaired) electrons. The molecule has 8 nitrogen and oxygen atoms in total. The van der Waals surface area contributed by atoms with Crippen molar-refractivity contribution in [3.63, 3.8) is 0 Å². The van der Waals surface area contributed by atoms with Gasteiger partial charge in [0.15, 0.2) is 0 Å². The van der Waals surface area contributed by atoms with Crippen LogP contribution in [0, 0.1) is 5.92 Å². The molecule has 1 aliphatic heterocycles. The van der Waals surface area contributed by atoms with Gasteiger partial charge in [-0.2, -0.15) is 0 Å². The highest BCUT2D eigenvalue weighted by Gasteiger charge is 2.28. The Morgan fingerprint density at radius 3 is 2.36 bits per heavy atom. The van der Waals surface area contributed by atoms with Crippen molar-refractivity contribution in [1.82, 2.24) is 20.0 Å². The summed E-state index contributed by atoms with van der Waals surface area (Å²) in [7, 11) is 3.45. The highest BCUT2D eigenvalue weighted by Crippen LogP contribution is 2.24. The largest absolute Gasteiger partial charge is 0.403 e. The van der Waals surface area contributed by atoms with Crippen LogP contribution in [-0.2, 0) is 4.79 Å². The SMILES string of the molecule is CC(C)c1ccc(-c2nnc(NC(=O)C3CCN(C(=O)N(C)C)CC3)o2)cc1. The molecule has 150 valence electrons. The number of hydrogen-bond donors (Lipinski definition) is 1. The molecule has 1 aromatic heterocycles. The van der Waals surface area contributed by atoms with Gasteiger partial charge in [-0.1, -0.05) is 31.1 Å². The van der Waals surface area contributed by atoms with Gasteiger partial charge in [0.1, 0.15) is 0 Å². The van der Waals surface area contributed by atoms with Crippen LogP contribution in [-0.4, -0.2) is 59.1 Å². The van der Waals surface area contributed by atoms with Crippen molar-refractivity contribution in [3.05, 3.63) is 29.8 Å². The number of hydrogen-bond acceptors (Lipinski definition) is 5. The van der Waals surface area contributed by atoms with E-state index in [1.807, 2.05) is 24.3 Å². The standard InChI is InChI=1S/C20H27N5O3/c1-13(2)14-5-7-16(8-6-14)18-22-23-19(28-18)21-17(26)15-9-11-25(12-10-15)20(27)24(3)4/h5-8,13,15H,9-12H2,1-4H3,(H,21,23,26). The molecule has 1 fully saturated rings. The predicted octanol–water partition coefficient (Wildman–Crippen LogP) is 3.19. The quantitative estimate of drug-likeness (QED) is 0.873. The van der Waals surface area contributed by atoms with Gasteiger partial charge < -0.3 is 14.2 Å². The van der Waals surface area contributed by atoms with Gasteiger partial charge >= 0.3 is 12.0 Å². The lowest BCUT2D eigenvalue weighted by Crippen LogP contribution is -2.45. The Morgan fingerprint density at radius 1 is 1.14 bits per heavy atom. The second kappa shape index (κ2) is 8.41. The molecule has 3 rings (SSSR count). The summed E-state index contributed by atoms with van der Waals surface area (Å²) in [6.45, 7) is 5.39. The molecule has 0 atom stereocenters. The van der Waals surface area contributed by atoms with Gasteiger partial charge in [-0.05, 0) is 36.5 Å². The van der Waals surface area contributed by atoms with Crippen molar-refractivity contribution >= 4 is 18.0 Å². The molecule has 3 amide bonds. The molecule has 0 saturated carbocycles. The molecule has 0 unspecified atom stereocenters. The lowest BCUT2D eigenvalue weighted by Gasteiger charge is -2.32. The van der Waals surface area contributed by atoms with E-state index in [2.05, 4.69) is 29.4 Å². The van der Waals surface area contributed by atoms with E-state index in [0.29, 0.717) is 37.7 Å². The third kappa shape index (κ3) is 4.49. The maximum atomic E-state index is 12.5. The molecule has 1 saturated heterocycles. The van der Waals surface area contributed by atoms with Crippen LogP contribution in [0.4, 0.5) is 10.8 Å². The number of anilines is 1. The Bertz CT molecular complexity index is 821. The zero-order valence-electron chi connectivity index (χ0n) is 16.8. The molecule has 0 aliphatic carbocycles. The fourth-order valence-electron chi connectivity index (χ4n) is 3.22. The molecule has 8 heteroatoms. The highest BCUT2D eigenvalue weighted by molar-refractivity contribution is 5.90. The Morgan fingerprint density at radius 2 is 1.79 bits per heavy atom. The first-order chi connectivity index (χ1) is 13.3. The minimum atomic E-state index is -0.174. The topological polar surface area (TPSA) is 91.6 Å². The first-order valence-corrected chi connectivity index (χ1v) is 9.56. The smallest absolute Gasteiger partial charge is 0.322 e. The summed E-state index contributed by atoms with van der Waals surface area (Å²) < 4.78 is 5.60. The lowest BCUT2D eigenvalue weighted by atomic mass is 9.96. The van der Waals surface area contributed by atoms with Crippen molar-refractivity contribution in [2.45, 2.75) is 32.6 Å². The molecule has 2 heterocycles. The predicted molar refractivity (Wildman–Crippen MR) is 106 cm³/mol. The second-order valence-electron chi connectivity index (χ2n) is 7.62. The molecular weight excluding hydrogens is 358 g/mol. The van der Waals surface area contributed by atoms with Gasteiger partial charge in [0, 0.05) is 38.7 Å². The zero-order valence-corrected chi connectivity index (χ0v) is 16.8. The maximum Gasteiger partial charge on any atom is 0.322 e. The number of nitrogens with one attached hydrogen (secondary N) is 1. The molecule has 1 N–H and O–H groups in total. The third-order valence-corrected chi connectivity index (χ3v) is 5.00. The number of nitrogens with zero attached hydrogens (tertiary/aromatic N) is 4. The Labute approximate surface area is 164 Å². The second-order valence-corrected chi connectivity index (χ2v) is 7.62. The Balaban J connectivity index is 1.56. The number of benzene rings is 1.